The second kappa shape index (κ2) is 6.64. The van der Waals surface area contributed by atoms with Crippen LogP contribution in [-0.4, -0.2) is 44.7 Å². The van der Waals surface area contributed by atoms with Crippen molar-refractivity contribution < 1.29 is 4.79 Å². The number of rotatable bonds is 3. The lowest BCUT2D eigenvalue weighted by molar-refractivity contribution is 0.0829. The standard InChI is InChI=1S/C21H19N5O/c1-14-7-6-8-16-17(21(27)25(2)3)11-18(24-20(14)16)15-12-23-26(13-15)19-9-4-5-10-22-19/h4-13H,1-3H3. The normalized spacial score (nSPS) is 10.9. The van der Waals surface area contributed by atoms with Gasteiger partial charge in [0.2, 0.25) is 0 Å². The van der Waals surface area contributed by atoms with Crippen LogP contribution in [0.2, 0.25) is 0 Å². The van der Waals surface area contributed by atoms with E-state index in [9.17, 15) is 4.79 Å². The number of fused-ring (bicyclic) bond motifs is 1. The summed E-state index contributed by atoms with van der Waals surface area (Å²) in [5.41, 5.74) is 4.03. The predicted molar refractivity (Wildman–Crippen MR) is 105 cm³/mol. The summed E-state index contributed by atoms with van der Waals surface area (Å²) in [6.45, 7) is 2.00. The zero-order chi connectivity index (χ0) is 19.0. The van der Waals surface area contributed by atoms with Gasteiger partial charge in [0.25, 0.3) is 5.91 Å². The van der Waals surface area contributed by atoms with Gasteiger partial charge >= 0.3 is 0 Å². The Morgan fingerprint density at radius 3 is 2.70 bits per heavy atom. The summed E-state index contributed by atoms with van der Waals surface area (Å²) < 4.78 is 1.70. The molecule has 27 heavy (non-hydrogen) atoms. The van der Waals surface area contributed by atoms with E-state index in [1.54, 1.807) is 36.1 Å². The number of carbonyl (C=O) groups is 1. The number of hydrogen-bond acceptors (Lipinski definition) is 4. The minimum Gasteiger partial charge on any atom is -0.345 e. The third-order valence-electron chi connectivity index (χ3n) is 4.44. The Hall–Kier alpha value is -3.54. The van der Waals surface area contributed by atoms with E-state index in [1.807, 2.05) is 55.6 Å². The van der Waals surface area contributed by atoms with E-state index in [2.05, 4.69) is 10.1 Å². The lowest BCUT2D eigenvalue weighted by Gasteiger charge is -2.14. The van der Waals surface area contributed by atoms with Crippen LogP contribution in [0.15, 0.2) is 61.1 Å². The molecule has 0 aliphatic rings. The summed E-state index contributed by atoms with van der Waals surface area (Å²) >= 11 is 0. The van der Waals surface area contributed by atoms with Gasteiger partial charge in [-0.2, -0.15) is 5.10 Å². The number of para-hydroxylation sites is 1. The third-order valence-corrected chi connectivity index (χ3v) is 4.44. The van der Waals surface area contributed by atoms with Crippen LogP contribution in [-0.2, 0) is 0 Å². The number of pyridine rings is 2. The van der Waals surface area contributed by atoms with Crippen molar-refractivity contribution in [2.75, 3.05) is 14.1 Å². The molecule has 0 saturated heterocycles. The Labute approximate surface area is 157 Å². The van der Waals surface area contributed by atoms with E-state index in [1.165, 1.54) is 0 Å². The minimum absolute atomic E-state index is 0.0497. The van der Waals surface area contributed by atoms with Gasteiger partial charge in [-0.15, -0.1) is 0 Å². The first-order valence-corrected chi connectivity index (χ1v) is 8.63. The number of amides is 1. The van der Waals surface area contributed by atoms with Crippen molar-refractivity contribution in [3.05, 3.63) is 72.2 Å². The molecule has 0 bridgehead atoms. The van der Waals surface area contributed by atoms with Crippen LogP contribution in [0.1, 0.15) is 15.9 Å². The van der Waals surface area contributed by atoms with Gasteiger partial charge in [-0.1, -0.05) is 24.3 Å². The fraction of sp³-hybridized carbons (Fsp3) is 0.143. The molecule has 1 amide bonds. The first-order chi connectivity index (χ1) is 13.0. The molecule has 0 radical (unpaired) electrons. The minimum atomic E-state index is -0.0497. The van der Waals surface area contributed by atoms with Crippen molar-refractivity contribution in [3.8, 4) is 17.1 Å². The third kappa shape index (κ3) is 3.06. The largest absolute Gasteiger partial charge is 0.345 e. The highest BCUT2D eigenvalue weighted by Gasteiger charge is 2.17. The number of aromatic nitrogens is 4. The van der Waals surface area contributed by atoms with Gasteiger partial charge in [-0.25, -0.2) is 14.6 Å². The fourth-order valence-electron chi connectivity index (χ4n) is 3.03. The van der Waals surface area contributed by atoms with Gasteiger partial charge in [0.15, 0.2) is 5.82 Å². The first-order valence-electron chi connectivity index (χ1n) is 8.63. The van der Waals surface area contributed by atoms with Crippen LogP contribution >= 0.6 is 0 Å². The maximum Gasteiger partial charge on any atom is 0.254 e. The second-order valence-electron chi connectivity index (χ2n) is 6.59. The van der Waals surface area contributed by atoms with Gasteiger partial charge in [0, 0.05) is 37.4 Å². The van der Waals surface area contributed by atoms with Crippen molar-refractivity contribution in [1.29, 1.82) is 0 Å². The molecule has 6 heteroatoms. The number of carbonyl (C=O) groups excluding carboxylic acids is 1. The van der Waals surface area contributed by atoms with Crippen LogP contribution in [0.5, 0.6) is 0 Å². The van der Waals surface area contributed by atoms with E-state index in [0.29, 0.717) is 11.3 Å². The zero-order valence-electron chi connectivity index (χ0n) is 15.4. The average Bonchev–Trinajstić information content (AvgIpc) is 3.18. The van der Waals surface area contributed by atoms with Crippen LogP contribution in [0.4, 0.5) is 0 Å². The van der Waals surface area contributed by atoms with Crippen LogP contribution in [0.25, 0.3) is 28.0 Å². The summed E-state index contributed by atoms with van der Waals surface area (Å²) in [5.74, 6) is 0.677. The zero-order valence-corrected chi connectivity index (χ0v) is 15.4. The monoisotopic (exact) mass is 357 g/mol. The molecule has 0 aliphatic carbocycles. The molecule has 0 N–H and O–H groups in total. The van der Waals surface area contributed by atoms with Crippen LogP contribution in [0.3, 0.4) is 0 Å². The van der Waals surface area contributed by atoms with Crippen LogP contribution in [0, 0.1) is 6.92 Å². The Bertz CT molecular complexity index is 1130. The van der Waals surface area contributed by atoms with Crippen molar-refractivity contribution in [3.63, 3.8) is 0 Å². The summed E-state index contributed by atoms with van der Waals surface area (Å²) in [6, 6.07) is 13.4. The molecule has 0 atom stereocenters. The fourth-order valence-corrected chi connectivity index (χ4v) is 3.03. The Kier molecular flexibility index (Phi) is 4.16. The Balaban J connectivity index is 1.89. The molecule has 0 unspecified atom stereocenters. The highest BCUT2D eigenvalue weighted by molar-refractivity contribution is 6.07. The molecule has 0 fully saturated rings. The smallest absolute Gasteiger partial charge is 0.254 e. The molecule has 3 heterocycles. The molecular formula is C21H19N5O. The number of nitrogens with zero attached hydrogens (tertiary/aromatic N) is 5. The SMILES string of the molecule is Cc1cccc2c(C(=O)N(C)C)cc(-c3cnn(-c4ccccn4)c3)nc12. The molecule has 6 nitrogen and oxygen atoms in total. The lowest BCUT2D eigenvalue weighted by atomic mass is 10.0. The molecule has 1 aromatic carbocycles. The maximum atomic E-state index is 12.7. The Morgan fingerprint density at radius 1 is 1.11 bits per heavy atom. The van der Waals surface area contributed by atoms with Crippen molar-refractivity contribution in [2.45, 2.75) is 6.92 Å². The summed E-state index contributed by atoms with van der Waals surface area (Å²) in [5, 5.41) is 5.25. The van der Waals surface area contributed by atoms with Gasteiger partial charge < -0.3 is 4.90 Å². The van der Waals surface area contributed by atoms with Crippen molar-refractivity contribution in [2.24, 2.45) is 0 Å². The number of benzene rings is 1. The molecule has 4 aromatic rings. The number of aryl methyl sites for hydroxylation is 1. The molecule has 3 aromatic heterocycles. The van der Waals surface area contributed by atoms with Crippen molar-refractivity contribution >= 4 is 16.8 Å². The molecular weight excluding hydrogens is 338 g/mol. The van der Waals surface area contributed by atoms with E-state index in [0.717, 1.165) is 27.8 Å². The number of hydrogen-bond donors (Lipinski definition) is 0. The van der Waals surface area contributed by atoms with Gasteiger partial charge in [-0.3, -0.25) is 4.79 Å². The van der Waals surface area contributed by atoms with E-state index < -0.39 is 0 Å². The summed E-state index contributed by atoms with van der Waals surface area (Å²) in [4.78, 5) is 23.4. The van der Waals surface area contributed by atoms with Crippen LogP contribution < -0.4 is 0 Å². The predicted octanol–water partition coefficient (Wildman–Crippen LogP) is 3.49. The van der Waals surface area contributed by atoms with Gasteiger partial charge in [-0.05, 0) is 30.7 Å². The molecule has 134 valence electrons. The van der Waals surface area contributed by atoms with E-state index >= 15 is 0 Å². The van der Waals surface area contributed by atoms with Gasteiger partial charge in [0.05, 0.1) is 23.0 Å². The average molecular weight is 357 g/mol. The van der Waals surface area contributed by atoms with E-state index in [4.69, 9.17) is 4.98 Å². The topological polar surface area (TPSA) is 63.9 Å². The van der Waals surface area contributed by atoms with Crippen molar-refractivity contribution in [1.82, 2.24) is 24.6 Å². The lowest BCUT2D eigenvalue weighted by Crippen LogP contribution is -2.22. The van der Waals surface area contributed by atoms with E-state index in [-0.39, 0.29) is 5.91 Å². The molecule has 0 aliphatic heterocycles. The van der Waals surface area contributed by atoms with Gasteiger partial charge in [0.1, 0.15) is 0 Å². The second-order valence-corrected chi connectivity index (χ2v) is 6.59. The highest BCUT2D eigenvalue weighted by Crippen LogP contribution is 2.27. The quantitative estimate of drug-likeness (QED) is 0.563. The maximum absolute atomic E-state index is 12.7. The highest BCUT2D eigenvalue weighted by atomic mass is 16.2. The Morgan fingerprint density at radius 2 is 1.96 bits per heavy atom. The first kappa shape index (κ1) is 16.9. The molecule has 0 saturated carbocycles. The molecule has 0 spiro atoms. The summed E-state index contributed by atoms with van der Waals surface area (Å²) in [6.07, 6.45) is 5.34. The molecule has 4 rings (SSSR count). The summed E-state index contributed by atoms with van der Waals surface area (Å²) in [7, 11) is 3.51.